The molecule has 4 heteroatoms. The first-order chi connectivity index (χ1) is 9.52. The van der Waals surface area contributed by atoms with E-state index >= 15 is 0 Å². The number of hydrogen-bond donors (Lipinski definition) is 2. The monoisotopic (exact) mass is 278 g/mol. The van der Waals surface area contributed by atoms with Crippen molar-refractivity contribution in [2.45, 2.75) is 37.8 Å². The normalized spacial score (nSPS) is 17.6. The van der Waals surface area contributed by atoms with E-state index in [1.807, 2.05) is 32.3 Å². The van der Waals surface area contributed by atoms with Crippen LogP contribution < -0.4 is 15.0 Å². The maximum Gasteiger partial charge on any atom is 0.121 e. The van der Waals surface area contributed by atoms with Crippen LogP contribution in [0, 0.1) is 0 Å². The molecule has 0 spiro atoms. The van der Waals surface area contributed by atoms with Crippen LogP contribution in [0.15, 0.2) is 24.3 Å². The summed E-state index contributed by atoms with van der Waals surface area (Å²) in [4.78, 5) is 2.05. The topological polar surface area (TPSA) is 44.7 Å². The molecule has 1 aliphatic carbocycles. The molecular formula is C16H26N2O2. The van der Waals surface area contributed by atoms with E-state index in [2.05, 4.69) is 23.2 Å². The summed E-state index contributed by atoms with van der Waals surface area (Å²) in [5.74, 6) is 0.878. The molecule has 0 radical (unpaired) electrons. The molecule has 1 unspecified atom stereocenters. The first-order valence-electron chi connectivity index (χ1n) is 7.31. The number of aliphatic hydroxyl groups excluding tert-OH is 1. The summed E-state index contributed by atoms with van der Waals surface area (Å²) in [5.41, 5.74) is 0.892. The van der Waals surface area contributed by atoms with Crippen molar-refractivity contribution < 1.29 is 9.84 Å². The number of ether oxygens (including phenoxy) is 1. The van der Waals surface area contributed by atoms with E-state index in [9.17, 15) is 5.11 Å². The number of benzene rings is 1. The van der Waals surface area contributed by atoms with Gasteiger partial charge in [-0.15, -0.1) is 0 Å². The third kappa shape index (κ3) is 4.39. The Balaban J connectivity index is 1.83. The molecule has 1 aromatic carbocycles. The fourth-order valence-corrected chi connectivity index (χ4v) is 2.16. The Bertz CT molecular complexity index is 432. The van der Waals surface area contributed by atoms with E-state index in [1.165, 1.54) is 12.8 Å². The molecule has 2 rings (SSSR count). The zero-order chi connectivity index (χ0) is 14.6. The summed E-state index contributed by atoms with van der Waals surface area (Å²) < 4.78 is 5.82. The number of rotatable bonds is 8. The van der Waals surface area contributed by atoms with Crippen molar-refractivity contribution in [1.82, 2.24) is 5.32 Å². The van der Waals surface area contributed by atoms with E-state index in [4.69, 9.17) is 4.74 Å². The van der Waals surface area contributed by atoms with Gasteiger partial charge in [-0.1, -0.05) is 6.07 Å². The molecule has 1 atom stereocenters. The number of nitrogens with one attached hydrogen (secondary N) is 1. The van der Waals surface area contributed by atoms with Gasteiger partial charge in [0.1, 0.15) is 5.75 Å². The van der Waals surface area contributed by atoms with Crippen LogP contribution in [0.3, 0.4) is 0 Å². The van der Waals surface area contributed by atoms with Gasteiger partial charge in [-0.25, -0.2) is 0 Å². The molecule has 1 aromatic rings. The summed E-state index contributed by atoms with van der Waals surface area (Å²) in [5, 5.41) is 13.0. The van der Waals surface area contributed by atoms with Crippen LogP contribution in [0.25, 0.3) is 0 Å². The van der Waals surface area contributed by atoms with E-state index < -0.39 is 0 Å². The van der Waals surface area contributed by atoms with Crippen LogP contribution in [0.5, 0.6) is 5.75 Å². The van der Waals surface area contributed by atoms with Gasteiger partial charge in [0, 0.05) is 43.9 Å². The zero-order valence-electron chi connectivity index (χ0n) is 12.7. The van der Waals surface area contributed by atoms with Crippen molar-refractivity contribution in [2.75, 3.05) is 32.2 Å². The van der Waals surface area contributed by atoms with Crippen LogP contribution >= 0.6 is 0 Å². The van der Waals surface area contributed by atoms with Gasteiger partial charge in [0.15, 0.2) is 0 Å². The molecule has 1 saturated carbocycles. The summed E-state index contributed by atoms with van der Waals surface area (Å²) in [6, 6.07) is 8.64. The minimum Gasteiger partial charge on any atom is -0.493 e. The molecule has 0 amide bonds. The van der Waals surface area contributed by atoms with Crippen molar-refractivity contribution in [3.63, 3.8) is 0 Å². The molecule has 20 heavy (non-hydrogen) atoms. The number of aliphatic hydroxyl groups is 1. The van der Waals surface area contributed by atoms with Gasteiger partial charge in [-0.2, -0.15) is 0 Å². The molecule has 1 aliphatic rings. The number of hydrogen-bond acceptors (Lipinski definition) is 4. The molecule has 2 N–H and O–H groups in total. The number of nitrogens with zero attached hydrogens (tertiary/aromatic N) is 1. The second-order valence-electron chi connectivity index (χ2n) is 6.13. The Morgan fingerprint density at radius 2 is 2.15 bits per heavy atom. The molecule has 4 nitrogen and oxygen atoms in total. The summed E-state index contributed by atoms with van der Waals surface area (Å²) >= 11 is 0. The SMILES string of the molecule is CN(C)c1cccc(OCCC(C)(CO)NC2CC2)c1. The van der Waals surface area contributed by atoms with Crippen LogP contribution in [-0.2, 0) is 0 Å². The summed E-state index contributed by atoms with van der Waals surface area (Å²) in [6.07, 6.45) is 3.24. The van der Waals surface area contributed by atoms with Crippen molar-refractivity contribution in [2.24, 2.45) is 0 Å². The average Bonchev–Trinajstić information content (AvgIpc) is 3.23. The minimum atomic E-state index is -0.236. The van der Waals surface area contributed by atoms with Crippen molar-refractivity contribution in [1.29, 1.82) is 0 Å². The summed E-state index contributed by atoms with van der Waals surface area (Å²) in [6.45, 7) is 2.81. The van der Waals surface area contributed by atoms with Crippen LogP contribution in [0.1, 0.15) is 26.2 Å². The highest BCUT2D eigenvalue weighted by molar-refractivity contribution is 5.49. The lowest BCUT2D eigenvalue weighted by molar-refractivity contribution is 0.142. The lowest BCUT2D eigenvalue weighted by Crippen LogP contribution is -2.48. The fourth-order valence-electron chi connectivity index (χ4n) is 2.16. The lowest BCUT2D eigenvalue weighted by atomic mass is 9.99. The van der Waals surface area contributed by atoms with Gasteiger partial charge in [0.05, 0.1) is 13.2 Å². The third-order valence-corrected chi connectivity index (χ3v) is 3.74. The van der Waals surface area contributed by atoms with E-state index in [0.29, 0.717) is 12.6 Å². The Morgan fingerprint density at radius 3 is 2.75 bits per heavy atom. The molecule has 0 aromatic heterocycles. The highest BCUT2D eigenvalue weighted by Gasteiger charge is 2.31. The van der Waals surface area contributed by atoms with Gasteiger partial charge >= 0.3 is 0 Å². The van der Waals surface area contributed by atoms with Crippen LogP contribution in [0.4, 0.5) is 5.69 Å². The molecule has 0 heterocycles. The first kappa shape index (κ1) is 15.1. The quantitative estimate of drug-likeness (QED) is 0.763. The molecule has 112 valence electrons. The minimum absolute atomic E-state index is 0.143. The van der Waals surface area contributed by atoms with E-state index in [0.717, 1.165) is 17.9 Å². The Morgan fingerprint density at radius 1 is 1.40 bits per heavy atom. The van der Waals surface area contributed by atoms with Gasteiger partial charge in [-0.3, -0.25) is 0 Å². The molecule has 1 fully saturated rings. The van der Waals surface area contributed by atoms with E-state index in [-0.39, 0.29) is 12.1 Å². The first-order valence-corrected chi connectivity index (χ1v) is 7.31. The predicted octanol–water partition coefficient (Wildman–Crippen LogP) is 2.02. The number of anilines is 1. The molecule has 0 aliphatic heterocycles. The maximum atomic E-state index is 9.55. The largest absolute Gasteiger partial charge is 0.493 e. The van der Waals surface area contributed by atoms with E-state index in [1.54, 1.807) is 0 Å². The Labute approximate surface area is 121 Å². The average molecular weight is 278 g/mol. The molecule has 0 bridgehead atoms. The fraction of sp³-hybridized carbons (Fsp3) is 0.625. The van der Waals surface area contributed by atoms with Crippen molar-refractivity contribution in [3.8, 4) is 5.75 Å². The maximum absolute atomic E-state index is 9.55. The van der Waals surface area contributed by atoms with Gasteiger partial charge < -0.3 is 20.1 Å². The predicted molar refractivity (Wildman–Crippen MR) is 82.5 cm³/mol. The second-order valence-corrected chi connectivity index (χ2v) is 6.13. The Hall–Kier alpha value is -1.26. The van der Waals surface area contributed by atoms with Gasteiger partial charge in [0.2, 0.25) is 0 Å². The lowest BCUT2D eigenvalue weighted by Gasteiger charge is -2.29. The second kappa shape index (κ2) is 6.46. The highest BCUT2D eigenvalue weighted by Crippen LogP contribution is 2.24. The van der Waals surface area contributed by atoms with Crippen LogP contribution in [0.2, 0.25) is 0 Å². The third-order valence-electron chi connectivity index (χ3n) is 3.74. The van der Waals surface area contributed by atoms with Crippen molar-refractivity contribution in [3.05, 3.63) is 24.3 Å². The van der Waals surface area contributed by atoms with Gasteiger partial charge in [-0.05, 0) is 31.9 Å². The highest BCUT2D eigenvalue weighted by atomic mass is 16.5. The standard InChI is InChI=1S/C16H26N2O2/c1-16(12-19,17-13-7-8-13)9-10-20-15-6-4-5-14(11-15)18(2)3/h4-6,11,13,17,19H,7-10,12H2,1-3H3. The molecular weight excluding hydrogens is 252 g/mol. The molecule has 0 saturated heterocycles. The van der Waals surface area contributed by atoms with Crippen LogP contribution in [-0.4, -0.2) is 44.0 Å². The zero-order valence-corrected chi connectivity index (χ0v) is 12.7. The van der Waals surface area contributed by atoms with Crippen molar-refractivity contribution >= 4 is 5.69 Å². The smallest absolute Gasteiger partial charge is 0.121 e. The Kier molecular flexibility index (Phi) is 4.89. The summed E-state index contributed by atoms with van der Waals surface area (Å²) in [7, 11) is 4.03. The van der Waals surface area contributed by atoms with Gasteiger partial charge in [0.25, 0.3) is 0 Å².